The lowest BCUT2D eigenvalue weighted by atomic mass is 9.91. The minimum Gasteiger partial charge on any atom is -0.508 e. The molecular formula is C27H27N3O2. The Hall–Kier alpha value is -3.73. The highest BCUT2D eigenvalue weighted by molar-refractivity contribution is 5.77. The van der Waals surface area contributed by atoms with E-state index >= 15 is 0 Å². The van der Waals surface area contributed by atoms with Crippen LogP contribution >= 0.6 is 0 Å². The Balaban J connectivity index is 1.92. The van der Waals surface area contributed by atoms with Gasteiger partial charge < -0.3 is 10.2 Å². The van der Waals surface area contributed by atoms with Crippen LogP contribution in [0.4, 0.5) is 0 Å². The number of benzene rings is 1. The molecule has 1 heterocycles. The van der Waals surface area contributed by atoms with Gasteiger partial charge in [0.25, 0.3) is 0 Å². The number of hydrogen-bond donors (Lipinski definition) is 2. The van der Waals surface area contributed by atoms with Crippen LogP contribution in [0, 0.1) is 11.3 Å². The van der Waals surface area contributed by atoms with Gasteiger partial charge in [0.05, 0.1) is 5.56 Å². The zero-order valence-electron chi connectivity index (χ0n) is 18.7. The molecule has 2 aliphatic rings. The number of rotatable bonds is 3. The fourth-order valence-corrected chi connectivity index (χ4v) is 3.79. The molecule has 5 heteroatoms. The Kier molecular flexibility index (Phi) is 5.66. The normalized spacial score (nSPS) is 19.6. The number of phenols is 2. The molecule has 2 aliphatic carbocycles. The topological polar surface area (TPSA) is 79.1 Å². The zero-order valence-corrected chi connectivity index (χ0v) is 18.7. The van der Waals surface area contributed by atoms with Crippen molar-refractivity contribution in [1.82, 2.24) is 15.0 Å². The predicted octanol–water partition coefficient (Wildman–Crippen LogP) is 6.02. The van der Waals surface area contributed by atoms with E-state index in [9.17, 15) is 10.2 Å². The third-order valence-electron chi connectivity index (χ3n) is 5.31. The number of aromatic hydroxyl groups is 2. The van der Waals surface area contributed by atoms with Gasteiger partial charge in [-0.05, 0) is 25.0 Å². The minimum absolute atomic E-state index is 0.0206. The third-order valence-corrected chi connectivity index (χ3v) is 5.31. The van der Waals surface area contributed by atoms with Gasteiger partial charge in [-0.1, -0.05) is 81.0 Å². The van der Waals surface area contributed by atoms with Crippen molar-refractivity contribution < 1.29 is 10.2 Å². The molecule has 0 saturated carbocycles. The van der Waals surface area contributed by atoms with Crippen LogP contribution < -0.4 is 0 Å². The molecule has 4 rings (SSSR count). The second-order valence-corrected chi connectivity index (χ2v) is 8.87. The first kappa shape index (κ1) is 21.5. The molecule has 0 amide bonds. The van der Waals surface area contributed by atoms with Gasteiger partial charge in [0, 0.05) is 22.6 Å². The first-order chi connectivity index (χ1) is 15.2. The first-order valence-corrected chi connectivity index (χ1v) is 10.7. The molecular weight excluding hydrogens is 398 g/mol. The fourth-order valence-electron chi connectivity index (χ4n) is 3.79. The lowest BCUT2D eigenvalue weighted by Crippen LogP contribution is -2.07. The molecule has 1 atom stereocenters. The molecule has 1 unspecified atom stereocenters. The van der Waals surface area contributed by atoms with Crippen molar-refractivity contribution in [2.75, 3.05) is 0 Å². The number of nitrogens with zero attached hydrogens (tertiary/aromatic N) is 3. The van der Waals surface area contributed by atoms with Crippen LogP contribution in [0.15, 0.2) is 78.5 Å². The molecule has 32 heavy (non-hydrogen) atoms. The lowest BCUT2D eigenvalue weighted by molar-refractivity contribution is 0.451. The SMILES string of the molecule is CC1=CC(C)C=C(c2nc(C3=CC(C)(C)C=CC=C3)nc(-c3ccc(O)cc3O)n2)C=C1. The van der Waals surface area contributed by atoms with Crippen LogP contribution in [0.3, 0.4) is 0 Å². The average Bonchev–Trinajstić information content (AvgIpc) is 3.01. The zero-order chi connectivity index (χ0) is 22.9. The molecule has 2 aromatic rings. The van der Waals surface area contributed by atoms with Crippen molar-refractivity contribution in [2.45, 2.75) is 27.7 Å². The fraction of sp³-hybridized carbons (Fsp3) is 0.222. The van der Waals surface area contributed by atoms with E-state index in [0.29, 0.717) is 23.0 Å². The summed E-state index contributed by atoms with van der Waals surface area (Å²) in [5.74, 6) is 1.53. The number of allylic oxidation sites excluding steroid dienone is 12. The van der Waals surface area contributed by atoms with Gasteiger partial charge in [0.15, 0.2) is 17.5 Å². The molecule has 0 bridgehead atoms. The summed E-state index contributed by atoms with van der Waals surface area (Å²) in [6, 6.07) is 4.41. The quantitative estimate of drug-likeness (QED) is 0.628. The van der Waals surface area contributed by atoms with E-state index in [-0.39, 0.29) is 22.8 Å². The molecule has 0 spiro atoms. The van der Waals surface area contributed by atoms with Crippen LogP contribution in [0.1, 0.15) is 39.3 Å². The Bertz CT molecular complexity index is 1240. The van der Waals surface area contributed by atoms with Crippen molar-refractivity contribution in [3.63, 3.8) is 0 Å². The summed E-state index contributed by atoms with van der Waals surface area (Å²) in [5, 5.41) is 20.2. The van der Waals surface area contributed by atoms with E-state index in [1.807, 2.05) is 30.4 Å². The van der Waals surface area contributed by atoms with Crippen LogP contribution in [0.25, 0.3) is 22.5 Å². The van der Waals surface area contributed by atoms with E-state index < -0.39 is 0 Å². The second-order valence-electron chi connectivity index (χ2n) is 8.87. The molecule has 5 nitrogen and oxygen atoms in total. The third kappa shape index (κ3) is 4.78. The molecule has 162 valence electrons. The number of aromatic nitrogens is 3. The van der Waals surface area contributed by atoms with Gasteiger partial charge in [-0.25, -0.2) is 15.0 Å². The van der Waals surface area contributed by atoms with Crippen molar-refractivity contribution in [3.8, 4) is 22.9 Å². The van der Waals surface area contributed by atoms with Crippen LogP contribution in [-0.2, 0) is 0 Å². The molecule has 2 N–H and O–H groups in total. The monoisotopic (exact) mass is 425 g/mol. The van der Waals surface area contributed by atoms with Crippen LogP contribution in [-0.4, -0.2) is 25.2 Å². The molecule has 1 aromatic carbocycles. The summed E-state index contributed by atoms with van der Waals surface area (Å²) in [6.07, 6.45) is 18.6. The predicted molar refractivity (Wildman–Crippen MR) is 129 cm³/mol. The molecule has 0 fully saturated rings. The van der Waals surface area contributed by atoms with Crippen LogP contribution in [0.5, 0.6) is 11.5 Å². The molecule has 0 aliphatic heterocycles. The standard InChI is InChI=1S/C27H27N3O2/c1-17-8-9-19(14-18(2)13-17)24-28-25(20-7-5-6-12-27(3,4)16-20)30-26(29-24)22-11-10-21(31)15-23(22)32/h5-16,18,31-32H,1-4H3. The first-order valence-electron chi connectivity index (χ1n) is 10.7. The summed E-state index contributed by atoms with van der Waals surface area (Å²) in [7, 11) is 0. The Labute approximate surface area is 188 Å². The van der Waals surface area contributed by atoms with Gasteiger partial charge in [-0.3, -0.25) is 0 Å². The average molecular weight is 426 g/mol. The van der Waals surface area contributed by atoms with Crippen LogP contribution in [0.2, 0.25) is 0 Å². The van der Waals surface area contributed by atoms with E-state index in [1.165, 1.54) is 17.7 Å². The largest absolute Gasteiger partial charge is 0.508 e. The summed E-state index contributed by atoms with van der Waals surface area (Å²) in [5.41, 5.74) is 3.22. The Morgan fingerprint density at radius 3 is 2.31 bits per heavy atom. The summed E-state index contributed by atoms with van der Waals surface area (Å²) in [6.45, 7) is 8.44. The molecule has 1 aromatic heterocycles. The van der Waals surface area contributed by atoms with E-state index in [4.69, 9.17) is 15.0 Å². The van der Waals surface area contributed by atoms with E-state index in [0.717, 1.165) is 11.1 Å². The van der Waals surface area contributed by atoms with Crippen molar-refractivity contribution >= 4 is 11.1 Å². The van der Waals surface area contributed by atoms with Gasteiger partial charge in [0.2, 0.25) is 0 Å². The highest BCUT2D eigenvalue weighted by Crippen LogP contribution is 2.33. The van der Waals surface area contributed by atoms with Gasteiger partial charge in [-0.2, -0.15) is 0 Å². The van der Waals surface area contributed by atoms with Crippen molar-refractivity contribution in [3.05, 3.63) is 90.1 Å². The molecule has 0 saturated heterocycles. The summed E-state index contributed by atoms with van der Waals surface area (Å²) >= 11 is 0. The molecule has 0 radical (unpaired) electrons. The smallest absolute Gasteiger partial charge is 0.167 e. The highest BCUT2D eigenvalue weighted by atomic mass is 16.3. The highest BCUT2D eigenvalue weighted by Gasteiger charge is 2.19. The Morgan fingerprint density at radius 1 is 0.844 bits per heavy atom. The van der Waals surface area contributed by atoms with Gasteiger partial charge in [0.1, 0.15) is 11.5 Å². The van der Waals surface area contributed by atoms with Gasteiger partial charge >= 0.3 is 0 Å². The van der Waals surface area contributed by atoms with E-state index in [1.54, 1.807) is 6.07 Å². The number of phenolic OH excluding ortho intramolecular Hbond substituents is 2. The van der Waals surface area contributed by atoms with Crippen molar-refractivity contribution in [1.29, 1.82) is 0 Å². The van der Waals surface area contributed by atoms with Gasteiger partial charge in [-0.15, -0.1) is 0 Å². The second kappa shape index (κ2) is 8.42. The summed E-state index contributed by atoms with van der Waals surface area (Å²) in [4.78, 5) is 14.2. The minimum atomic E-state index is -0.163. The lowest BCUT2D eigenvalue weighted by Gasteiger charge is -2.16. The maximum Gasteiger partial charge on any atom is 0.167 e. The maximum atomic E-state index is 10.5. The maximum absolute atomic E-state index is 10.5. The van der Waals surface area contributed by atoms with Crippen molar-refractivity contribution in [2.24, 2.45) is 11.3 Å². The van der Waals surface area contributed by atoms with E-state index in [2.05, 4.69) is 52.0 Å². The Morgan fingerprint density at radius 2 is 1.56 bits per heavy atom. The number of hydrogen-bond acceptors (Lipinski definition) is 5. The summed E-state index contributed by atoms with van der Waals surface area (Å²) < 4.78 is 0.